The van der Waals surface area contributed by atoms with Crippen LogP contribution in [0.3, 0.4) is 0 Å². The Morgan fingerprint density at radius 1 is 1.23 bits per heavy atom. The number of fused-ring (bicyclic) bond motifs is 1. The van der Waals surface area contributed by atoms with Crippen molar-refractivity contribution in [3.05, 3.63) is 65.2 Å². The topological polar surface area (TPSA) is 58.6 Å². The second-order valence-electron chi connectivity index (χ2n) is 5.48. The van der Waals surface area contributed by atoms with Crippen molar-refractivity contribution in [1.82, 2.24) is 5.32 Å². The average Bonchev–Trinajstić information content (AvgIpc) is 2.89. The third-order valence-corrected chi connectivity index (χ3v) is 4.09. The van der Waals surface area contributed by atoms with E-state index in [1.54, 1.807) is 7.05 Å². The number of amides is 1. The molecule has 22 heavy (non-hydrogen) atoms. The van der Waals surface area contributed by atoms with E-state index in [0.29, 0.717) is 12.2 Å². The first-order chi connectivity index (χ1) is 10.7. The van der Waals surface area contributed by atoms with Crippen molar-refractivity contribution >= 4 is 5.91 Å². The lowest BCUT2D eigenvalue weighted by atomic mass is 9.91. The summed E-state index contributed by atoms with van der Waals surface area (Å²) in [6.07, 6.45) is 0.297. The highest BCUT2D eigenvalue weighted by Crippen LogP contribution is 2.38. The highest BCUT2D eigenvalue weighted by molar-refractivity contribution is 5.77. The molecule has 3 rings (SSSR count). The summed E-state index contributed by atoms with van der Waals surface area (Å²) in [4.78, 5) is 11.2. The Balaban J connectivity index is 1.77. The molecule has 0 unspecified atom stereocenters. The predicted molar refractivity (Wildman–Crippen MR) is 84.0 cm³/mol. The Bertz CT molecular complexity index is 666. The minimum Gasteiger partial charge on any atom is -0.484 e. The molecule has 1 aliphatic carbocycles. The maximum atomic E-state index is 11.2. The summed E-state index contributed by atoms with van der Waals surface area (Å²) in [5.74, 6) is 0.488. The van der Waals surface area contributed by atoms with Crippen LogP contribution in [0.2, 0.25) is 0 Å². The number of hydrogen-bond donors (Lipinski definition) is 2. The van der Waals surface area contributed by atoms with Crippen LogP contribution in [0.1, 0.15) is 22.6 Å². The Morgan fingerprint density at radius 2 is 1.95 bits per heavy atom. The maximum Gasteiger partial charge on any atom is 0.257 e. The zero-order chi connectivity index (χ0) is 15.5. The number of likely N-dealkylation sites (N-methyl/N-ethyl adjacent to an activating group) is 1. The largest absolute Gasteiger partial charge is 0.484 e. The normalized spacial score (nSPS) is 19.5. The van der Waals surface area contributed by atoms with Gasteiger partial charge in [-0.2, -0.15) is 0 Å². The number of ether oxygens (including phenoxy) is 1. The minimum absolute atomic E-state index is 0.00388. The van der Waals surface area contributed by atoms with Gasteiger partial charge in [-0.1, -0.05) is 36.4 Å². The molecule has 0 aromatic heterocycles. The van der Waals surface area contributed by atoms with Crippen molar-refractivity contribution in [2.45, 2.75) is 18.4 Å². The molecule has 0 radical (unpaired) electrons. The fourth-order valence-corrected chi connectivity index (χ4v) is 2.97. The molecule has 0 heterocycles. The van der Waals surface area contributed by atoms with E-state index in [1.807, 2.05) is 36.4 Å². The number of benzene rings is 2. The molecule has 0 aliphatic heterocycles. The fourth-order valence-electron chi connectivity index (χ4n) is 2.97. The second-order valence-corrected chi connectivity index (χ2v) is 5.48. The van der Waals surface area contributed by atoms with E-state index in [9.17, 15) is 9.90 Å². The van der Waals surface area contributed by atoms with Crippen LogP contribution in [0, 0.1) is 0 Å². The third-order valence-electron chi connectivity index (χ3n) is 4.09. The van der Waals surface area contributed by atoms with Gasteiger partial charge in [-0.05, 0) is 35.2 Å². The summed E-state index contributed by atoms with van der Waals surface area (Å²) in [7, 11) is 1.58. The van der Waals surface area contributed by atoms with Gasteiger partial charge in [-0.25, -0.2) is 0 Å². The molecule has 2 atom stereocenters. The van der Waals surface area contributed by atoms with Gasteiger partial charge in [0.25, 0.3) is 5.91 Å². The number of carbonyl (C=O) groups excluding carboxylic acids is 1. The van der Waals surface area contributed by atoms with Crippen LogP contribution in [-0.4, -0.2) is 30.8 Å². The number of rotatable bonds is 4. The molecule has 1 amide bonds. The maximum absolute atomic E-state index is 11.2. The summed E-state index contributed by atoms with van der Waals surface area (Å²) < 4.78 is 5.40. The lowest BCUT2D eigenvalue weighted by Crippen LogP contribution is -2.24. The van der Waals surface area contributed by atoms with Gasteiger partial charge in [0.05, 0.1) is 6.10 Å². The molecular formula is C18H19NO3. The van der Waals surface area contributed by atoms with Crippen molar-refractivity contribution in [2.24, 2.45) is 0 Å². The van der Waals surface area contributed by atoms with Gasteiger partial charge in [-0.3, -0.25) is 4.79 Å². The van der Waals surface area contributed by atoms with Crippen molar-refractivity contribution in [3.63, 3.8) is 0 Å². The van der Waals surface area contributed by atoms with Crippen molar-refractivity contribution in [1.29, 1.82) is 0 Å². The summed E-state index contributed by atoms with van der Waals surface area (Å²) in [5, 5.41) is 12.9. The molecular weight excluding hydrogens is 278 g/mol. The first-order valence-corrected chi connectivity index (χ1v) is 7.38. The highest BCUT2D eigenvalue weighted by atomic mass is 16.5. The number of aliphatic hydroxyl groups excluding tert-OH is 1. The monoisotopic (exact) mass is 297 g/mol. The molecule has 2 aromatic carbocycles. The van der Waals surface area contributed by atoms with Gasteiger partial charge in [0.2, 0.25) is 0 Å². The predicted octanol–water partition coefficient (Wildman–Crippen LogP) is 1.86. The molecule has 0 saturated carbocycles. The van der Waals surface area contributed by atoms with Crippen LogP contribution in [0.4, 0.5) is 0 Å². The Labute approximate surface area is 129 Å². The summed E-state index contributed by atoms with van der Waals surface area (Å²) in [6, 6.07) is 15.7. The van der Waals surface area contributed by atoms with Crippen LogP contribution in [-0.2, 0) is 11.2 Å². The van der Waals surface area contributed by atoms with E-state index in [-0.39, 0.29) is 18.4 Å². The zero-order valence-corrected chi connectivity index (χ0v) is 12.5. The number of carbonyl (C=O) groups is 1. The number of aliphatic hydroxyl groups is 1. The lowest BCUT2D eigenvalue weighted by Gasteiger charge is -2.17. The number of hydrogen-bond acceptors (Lipinski definition) is 3. The molecule has 2 N–H and O–H groups in total. The summed E-state index contributed by atoms with van der Waals surface area (Å²) in [5.41, 5.74) is 3.46. The van der Waals surface area contributed by atoms with Gasteiger partial charge in [-0.15, -0.1) is 0 Å². The smallest absolute Gasteiger partial charge is 0.257 e. The fraction of sp³-hybridized carbons (Fsp3) is 0.278. The SMILES string of the molecule is CNC(=O)COc1ccc([C@@H]2c3ccccc3C[C@H]2O)cc1. The first kappa shape index (κ1) is 14.6. The molecule has 4 heteroatoms. The molecule has 0 bridgehead atoms. The molecule has 0 fully saturated rings. The van der Waals surface area contributed by atoms with Crippen molar-refractivity contribution < 1.29 is 14.6 Å². The third kappa shape index (κ3) is 2.83. The molecule has 114 valence electrons. The van der Waals surface area contributed by atoms with Gasteiger partial charge < -0.3 is 15.2 Å². The van der Waals surface area contributed by atoms with Crippen LogP contribution >= 0.6 is 0 Å². The zero-order valence-electron chi connectivity index (χ0n) is 12.5. The quantitative estimate of drug-likeness (QED) is 0.905. The molecule has 0 saturated heterocycles. The van der Waals surface area contributed by atoms with E-state index in [0.717, 1.165) is 5.56 Å². The van der Waals surface area contributed by atoms with Crippen LogP contribution in [0.5, 0.6) is 5.75 Å². The number of nitrogens with one attached hydrogen (secondary N) is 1. The van der Waals surface area contributed by atoms with Crippen LogP contribution < -0.4 is 10.1 Å². The standard InChI is InChI=1S/C18H19NO3/c1-19-17(21)11-22-14-8-6-12(7-9-14)18-15-5-3-2-4-13(15)10-16(18)20/h2-9,16,18,20H,10-11H2,1H3,(H,19,21)/t16-,18-/m1/s1. The molecule has 1 aliphatic rings. The Morgan fingerprint density at radius 3 is 2.68 bits per heavy atom. The molecule has 0 spiro atoms. The van der Waals surface area contributed by atoms with Gasteiger partial charge in [0.15, 0.2) is 6.61 Å². The van der Waals surface area contributed by atoms with E-state index < -0.39 is 6.10 Å². The lowest BCUT2D eigenvalue weighted by molar-refractivity contribution is -0.122. The van der Waals surface area contributed by atoms with E-state index in [4.69, 9.17) is 4.74 Å². The molecule has 2 aromatic rings. The first-order valence-electron chi connectivity index (χ1n) is 7.38. The summed E-state index contributed by atoms with van der Waals surface area (Å²) in [6.45, 7) is 0.00470. The second kappa shape index (κ2) is 6.20. The van der Waals surface area contributed by atoms with Crippen LogP contribution in [0.15, 0.2) is 48.5 Å². The van der Waals surface area contributed by atoms with Gasteiger partial charge in [0, 0.05) is 13.0 Å². The van der Waals surface area contributed by atoms with Gasteiger partial charge in [0.1, 0.15) is 5.75 Å². The van der Waals surface area contributed by atoms with E-state index in [2.05, 4.69) is 17.4 Å². The summed E-state index contributed by atoms with van der Waals surface area (Å²) >= 11 is 0. The van der Waals surface area contributed by atoms with E-state index in [1.165, 1.54) is 11.1 Å². The Hall–Kier alpha value is -2.33. The average molecular weight is 297 g/mol. The van der Waals surface area contributed by atoms with Crippen LogP contribution in [0.25, 0.3) is 0 Å². The highest BCUT2D eigenvalue weighted by Gasteiger charge is 2.31. The van der Waals surface area contributed by atoms with E-state index >= 15 is 0 Å². The molecule has 4 nitrogen and oxygen atoms in total. The van der Waals surface area contributed by atoms with Gasteiger partial charge >= 0.3 is 0 Å². The van der Waals surface area contributed by atoms with Crippen molar-refractivity contribution in [2.75, 3.05) is 13.7 Å². The van der Waals surface area contributed by atoms with Crippen molar-refractivity contribution in [3.8, 4) is 5.75 Å². The Kier molecular flexibility index (Phi) is 4.11. The minimum atomic E-state index is -0.393.